The van der Waals surface area contributed by atoms with Gasteiger partial charge in [-0.3, -0.25) is 10.1 Å². The van der Waals surface area contributed by atoms with Crippen molar-refractivity contribution in [3.05, 3.63) is 17.1 Å². The van der Waals surface area contributed by atoms with E-state index in [-0.39, 0.29) is 24.9 Å². The molecule has 0 saturated carbocycles. The number of hydrogen-bond acceptors (Lipinski definition) is 9. The molecule has 10 heteroatoms. The van der Waals surface area contributed by atoms with Gasteiger partial charge in [-0.2, -0.15) is 0 Å². The SMILES string of the molecule is NCCOC(=O)C(=O)Nc1nc(-c2cc(CO)no2)cs1. The summed E-state index contributed by atoms with van der Waals surface area (Å²) in [6.45, 7) is -0.138. The Bertz CT molecular complexity index is 638. The quantitative estimate of drug-likeness (QED) is 0.506. The lowest BCUT2D eigenvalue weighted by molar-refractivity contribution is -0.152. The summed E-state index contributed by atoms with van der Waals surface area (Å²) in [5.41, 5.74) is 5.96. The fraction of sp³-hybridized carbons (Fsp3) is 0.273. The van der Waals surface area contributed by atoms with E-state index in [2.05, 4.69) is 20.2 Å². The Morgan fingerprint density at radius 2 is 2.33 bits per heavy atom. The zero-order valence-corrected chi connectivity index (χ0v) is 11.6. The molecule has 0 saturated heterocycles. The van der Waals surface area contributed by atoms with Gasteiger partial charge in [0, 0.05) is 18.0 Å². The van der Waals surface area contributed by atoms with Crippen LogP contribution < -0.4 is 11.1 Å². The van der Waals surface area contributed by atoms with Gasteiger partial charge in [0.15, 0.2) is 10.9 Å². The van der Waals surface area contributed by atoms with Crippen molar-refractivity contribution in [2.45, 2.75) is 6.61 Å². The number of anilines is 1. The molecule has 2 heterocycles. The molecule has 0 unspecified atom stereocenters. The number of esters is 1. The third-order valence-corrected chi connectivity index (χ3v) is 2.99. The van der Waals surface area contributed by atoms with Gasteiger partial charge in [0.05, 0.1) is 6.61 Å². The third-order valence-electron chi connectivity index (χ3n) is 2.23. The van der Waals surface area contributed by atoms with E-state index in [4.69, 9.17) is 15.4 Å². The first-order chi connectivity index (χ1) is 10.1. The van der Waals surface area contributed by atoms with E-state index >= 15 is 0 Å². The number of thiazole rings is 1. The number of aromatic nitrogens is 2. The maximum atomic E-state index is 11.5. The van der Waals surface area contributed by atoms with Gasteiger partial charge >= 0.3 is 11.9 Å². The van der Waals surface area contributed by atoms with Crippen molar-refractivity contribution in [3.8, 4) is 11.5 Å². The molecule has 0 bridgehead atoms. The lowest BCUT2D eigenvalue weighted by Gasteiger charge is -2.01. The van der Waals surface area contributed by atoms with Crippen molar-refractivity contribution < 1.29 is 24.0 Å². The molecule has 0 aliphatic carbocycles. The lowest BCUT2D eigenvalue weighted by Crippen LogP contribution is -2.26. The number of rotatable bonds is 5. The molecule has 2 rings (SSSR count). The Kier molecular flexibility index (Phi) is 4.98. The normalized spacial score (nSPS) is 10.4. The Balaban J connectivity index is 2.00. The van der Waals surface area contributed by atoms with Crippen LogP contribution in [0.4, 0.5) is 5.13 Å². The highest BCUT2D eigenvalue weighted by Gasteiger charge is 2.18. The average molecular weight is 312 g/mol. The Morgan fingerprint density at radius 3 is 3.00 bits per heavy atom. The van der Waals surface area contributed by atoms with Crippen LogP contribution in [0.1, 0.15) is 5.69 Å². The molecular formula is C11H12N4O5S. The zero-order valence-electron chi connectivity index (χ0n) is 10.7. The molecule has 0 spiro atoms. The molecule has 4 N–H and O–H groups in total. The van der Waals surface area contributed by atoms with Gasteiger partial charge in [0.2, 0.25) is 0 Å². The number of aliphatic hydroxyl groups is 1. The first-order valence-electron chi connectivity index (χ1n) is 5.84. The summed E-state index contributed by atoms with van der Waals surface area (Å²) in [4.78, 5) is 26.8. The molecule has 9 nitrogen and oxygen atoms in total. The van der Waals surface area contributed by atoms with Gasteiger partial charge in [0.25, 0.3) is 0 Å². The van der Waals surface area contributed by atoms with E-state index in [1.807, 2.05) is 0 Å². The van der Waals surface area contributed by atoms with Crippen molar-refractivity contribution in [1.82, 2.24) is 10.1 Å². The summed E-state index contributed by atoms with van der Waals surface area (Å²) >= 11 is 1.11. The van der Waals surface area contributed by atoms with Crippen LogP contribution in [-0.4, -0.2) is 40.3 Å². The van der Waals surface area contributed by atoms with E-state index in [0.717, 1.165) is 11.3 Å². The summed E-state index contributed by atoms with van der Waals surface area (Å²) in [5, 5.41) is 16.6. The molecule has 0 atom stereocenters. The van der Waals surface area contributed by atoms with E-state index in [1.165, 1.54) is 6.07 Å². The van der Waals surface area contributed by atoms with Crippen molar-refractivity contribution in [3.63, 3.8) is 0 Å². The summed E-state index contributed by atoms with van der Waals surface area (Å²) < 4.78 is 9.56. The molecule has 0 radical (unpaired) electrons. The second-order valence-electron chi connectivity index (χ2n) is 3.76. The first-order valence-corrected chi connectivity index (χ1v) is 6.72. The highest BCUT2D eigenvalue weighted by molar-refractivity contribution is 7.14. The smallest absolute Gasteiger partial charge is 0.397 e. The third kappa shape index (κ3) is 3.84. The second kappa shape index (κ2) is 6.92. The van der Waals surface area contributed by atoms with Crippen molar-refractivity contribution in [2.75, 3.05) is 18.5 Å². The van der Waals surface area contributed by atoms with Crippen LogP contribution >= 0.6 is 11.3 Å². The largest absolute Gasteiger partial charge is 0.457 e. The number of aliphatic hydroxyl groups excluding tert-OH is 1. The number of nitrogens with two attached hydrogens (primary N) is 1. The minimum absolute atomic E-state index is 0.0304. The number of hydrogen-bond donors (Lipinski definition) is 3. The number of carbonyl (C=O) groups excluding carboxylic acids is 2. The number of nitrogens with zero attached hydrogens (tertiary/aromatic N) is 2. The maximum absolute atomic E-state index is 11.5. The summed E-state index contributed by atoms with van der Waals surface area (Å²) in [6.07, 6.45) is 0. The lowest BCUT2D eigenvalue weighted by atomic mass is 10.3. The van der Waals surface area contributed by atoms with Crippen LogP contribution in [0.5, 0.6) is 0 Å². The Morgan fingerprint density at radius 1 is 1.52 bits per heavy atom. The van der Waals surface area contributed by atoms with Crippen LogP contribution in [0.3, 0.4) is 0 Å². The Labute approximate surface area is 122 Å². The molecule has 0 aromatic carbocycles. The number of amides is 1. The first kappa shape index (κ1) is 15.1. The van der Waals surface area contributed by atoms with Crippen LogP contribution in [0, 0.1) is 0 Å². The second-order valence-corrected chi connectivity index (χ2v) is 4.62. The molecule has 2 aromatic rings. The standard InChI is InChI=1S/C11H12N4O5S/c12-1-2-19-10(18)9(17)14-11-13-7(5-21-11)8-3-6(4-16)15-20-8/h3,5,16H,1-2,4,12H2,(H,13,14,17). The average Bonchev–Trinajstić information content (AvgIpc) is 3.12. The molecule has 21 heavy (non-hydrogen) atoms. The molecular weight excluding hydrogens is 300 g/mol. The fourth-order valence-electron chi connectivity index (χ4n) is 1.32. The van der Waals surface area contributed by atoms with Crippen LogP contribution in [0.15, 0.2) is 16.0 Å². The minimum atomic E-state index is -1.03. The topological polar surface area (TPSA) is 141 Å². The highest BCUT2D eigenvalue weighted by atomic mass is 32.1. The van der Waals surface area contributed by atoms with Gasteiger partial charge in [0.1, 0.15) is 18.0 Å². The van der Waals surface area contributed by atoms with Crippen LogP contribution in [0.25, 0.3) is 11.5 Å². The van der Waals surface area contributed by atoms with Crippen molar-refractivity contribution in [2.24, 2.45) is 5.73 Å². The monoisotopic (exact) mass is 312 g/mol. The van der Waals surface area contributed by atoms with Crippen LogP contribution in [-0.2, 0) is 20.9 Å². The van der Waals surface area contributed by atoms with E-state index in [1.54, 1.807) is 5.38 Å². The van der Waals surface area contributed by atoms with Crippen molar-refractivity contribution >= 4 is 28.3 Å². The molecule has 1 amide bonds. The number of ether oxygens (including phenoxy) is 1. The van der Waals surface area contributed by atoms with Crippen LogP contribution in [0.2, 0.25) is 0 Å². The predicted molar refractivity (Wildman–Crippen MR) is 72.2 cm³/mol. The number of nitrogens with one attached hydrogen (secondary N) is 1. The Hall–Kier alpha value is -2.30. The number of carbonyl (C=O) groups is 2. The maximum Gasteiger partial charge on any atom is 0.397 e. The summed E-state index contributed by atoms with van der Waals surface area (Å²) in [7, 11) is 0. The summed E-state index contributed by atoms with van der Waals surface area (Å²) in [5.74, 6) is -1.61. The van der Waals surface area contributed by atoms with Gasteiger partial charge in [-0.1, -0.05) is 5.16 Å². The van der Waals surface area contributed by atoms with Crippen molar-refractivity contribution in [1.29, 1.82) is 0 Å². The van der Waals surface area contributed by atoms with Gasteiger partial charge in [-0.15, -0.1) is 11.3 Å². The predicted octanol–water partition coefficient (Wildman–Crippen LogP) is -0.269. The molecule has 112 valence electrons. The summed E-state index contributed by atoms with van der Waals surface area (Å²) in [6, 6.07) is 1.52. The van der Waals surface area contributed by atoms with E-state index < -0.39 is 11.9 Å². The fourth-order valence-corrected chi connectivity index (χ4v) is 2.01. The van der Waals surface area contributed by atoms with Gasteiger partial charge < -0.3 is 20.1 Å². The molecule has 0 fully saturated rings. The molecule has 0 aliphatic rings. The minimum Gasteiger partial charge on any atom is -0.457 e. The highest BCUT2D eigenvalue weighted by Crippen LogP contribution is 2.25. The van der Waals surface area contributed by atoms with E-state index in [9.17, 15) is 9.59 Å². The van der Waals surface area contributed by atoms with Gasteiger partial charge in [-0.25, -0.2) is 9.78 Å². The van der Waals surface area contributed by atoms with E-state index in [0.29, 0.717) is 17.1 Å². The zero-order chi connectivity index (χ0) is 15.2. The van der Waals surface area contributed by atoms with Gasteiger partial charge in [-0.05, 0) is 0 Å². The molecule has 0 aliphatic heterocycles. The molecule has 2 aromatic heterocycles.